The number of hydrogen-bond donors (Lipinski definition) is 2. The van der Waals surface area contributed by atoms with Gasteiger partial charge in [0.25, 0.3) is 0 Å². The molecule has 0 bridgehead atoms. The molecule has 1 heterocycles. The molecule has 8 heteroatoms. The van der Waals surface area contributed by atoms with Crippen molar-refractivity contribution in [3.05, 3.63) is 51.2 Å². The highest BCUT2D eigenvalue weighted by Gasteiger charge is 2.33. The van der Waals surface area contributed by atoms with Crippen molar-refractivity contribution < 1.29 is 18.0 Å². The van der Waals surface area contributed by atoms with Gasteiger partial charge in [-0.15, -0.1) is 11.3 Å². The van der Waals surface area contributed by atoms with Crippen molar-refractivity contribution in [2.75, 3.05) is 18.4 Å². The van der Waals surface area contributed by atoms with E-state index in [0.29, 0.717) is 6.54 Å². The lowest BCUT2D eigenvalue weighted by atomic mass is 10.2. The van der Waals surface area contributed by atoms with Crippen LogP contribution in [0, 0.1) is 0 Å². The lowest BCUT2D eigenvalue weighted by Crippen LogP contribution is -2.31. The van der Waals surface area contributed by atoms with Crippen LogP contribution in [0.15, 0.2) is 35.7 Å². The minimum atomic E-state index is -4.53. The maximum absolute atomic E-state index is 12.7. The van der Waals surface area contributed by atoms with Crippen LogP contribution in [-0.2, 0) is 17.4 Å². The number of thiophene rings is 1. The van der Waals surface area contributed by atoms with Crippen LogP contribution >= 0.6 is 22.9 Å². The Morgan fingerprint density at radius 1 is 1.26 bits per heavy atom. The number of halogens is 4. The Balaban J connectivity index is 1.82. The molecule has 0 radical (unpaired) electrons. The Hall–Kier alpha value is -1.73. The highest BCUT2D eigenvalue weighted by molar-refractivity contribution is 7.09. The number of carbonyl (C=O) groups is 1. The van der Waals surface area contributed by atoms with Gasteiger partial charge in [0.1, 0.15) is 0 Å². The molecule has 3 nitrogen and oxygen atoms in total. The van der Waals surface area contributed by atoms with Gasteiger partial charge in [-0.3, -0.25) is 4.79 Å². The lowest BCUT2D eigenvalue weighted by molar-refractivity contribution is -0.137. The zero-order valence-electron chi connectivity index (χ0n) is 11.9. The predicted molar refractivity (Wildman–Crippen MR) is 86.0 cm³/mol. The third kappa shape index (κ3) is 5.44. The summed E-state index contributed by atoms with van der Waals surface area (Å²) in [5, 5.41) is 6.95. The van der Waals surface area contributed by atoms with Crippen molar-refractivity contribution in [2.45, 2.75) is 12.6 Å². The number of rotatable bonds is 6. The number of alkyl halides is 3. The fourth-order valence-corrected chi connectivity index (χ4v) is 2.81. The number of anilines is 1. The van der Waals surface area contributed by atoms with Crippen LogP contribution in [0.1, 0.15) is 10.4 Å². The lowest BCUT2D eigenvalue weighted by Gasteiger charge is -2.12. The quantitative estimate of drug-likeness (QED) is 0.809. The SMILES string of the molecule is O=C(CNc1ccc(Cl)c(C(F)(F)F)c1)NCCc1cccs1. The van der Waals surface area contributed by atoms with Gasteiger partial charge in [-0.25, -0.2) is 0 Å². The zero-order chi connectivity index (χ0) is 16.9. The zero-order valence-corrected chi connectivity index (χ0v) is 13.5. The molecule has 0 atom stereocenters. The normalized spacial score (nSPS) is 11.3. The largest absolute Gasteiger partial charge is 0.417 e. The van der Waals surface area contributed by atoms with Gasteiger partial charge >= 0.3 is 6.18 Å². The molecule has 0 unspecified atom stereocenters. The Morgan fingerprint density at radius 2 is 2.04 bits per heavy atom. The van der Waals surface area contributed by atoms with Crippen molar-refractivity contribution in [1.82, 2.24) is 5.32 Å². The third-order valence-corrected chi connectivity index (χ3v) is 4.26. The van der Waals surface area contributed by atoms with E-state index >= 15 is 0 Å². The summed E-state index contributed by atoms with van der Waals surface area (Å²) < 4.78 is 38.2. The number of carbonyl (C=O) groups excluding carboxylic acids is 1. The summed E-state index contributed by atoms with van der Waals surface area (Å²) in [5.41, 5.74) is -0.739. The van der Waals surface area contributed by atoms with Crippen molar-refractivity contribution in [3.8, 4) is 0 Å². The van der Waals surface area contributed by atoms with Crippen LogP contribution < -0.4 is 10.6 Å². The van der Waals surface area contributed by atoms with Crippen molar-refractivity contribution in [1.29, 1.82) is 0 Å². The highest BCUT2D eigenvalue weighted by Crippen LogP contribution is 2.36. The topological polar surface area (TPSA) is 41.1 Å². The van der Waals surface area contributed by atoms with Crippen molar-refractivity contribution in [3.63, 3.8) is 0 Å². The number of benzene rings is 1. The number of hydrogen-bond acceptors (Lipinski definition) is 3. The summed E-state index contributed by atoms with van der Waals surface area (Å²) in [4.78, 5) is 12.8. The van der Waals surface area contributed by atoms with Crippen LogP contribution in [0.5, 0.6) is 0 Å². The van der Waals surface area contributed by atoms with E-state index in [2.05, 4.69) is 10.6 Å². The first-order chi connectivity index (χ1) is 10.9. The molecule has 0 saturated heterocycles. The fourth-order valence-electron chi connectivity index (χ4n) is 1.88. The first kappa shape index (κ1) is 17.6. The van der Waals surface area contributed by atoms with Gasteiger partial charge in [0.2, 0.25) is 5.91 Å². The molecule has 1 aromatic carbocycles. The molecular formula is C15H14ClF3N2OS. The van der Waals surface area contributed by atoms with E-state index < -0.39 is 11.7 Å². The summed E-state index contributed by atoms with van der Waals surface area (Å²) >= 11 is 7.14. The second kappa shape index (κ2) is 7.70. The summed E-state index contributed by atoms with van der Waals surface area (Å²) in [6.07, 6.45) is -3.81. The van der Waals surface area contributed by atoms with Crippen LogP contribution in [0.4, 0.5) is 18.9 Å². The standard InChI is InChI=1S/C15H14ClF3N2OS/c16-13-4-3-10(8-12(13)15(17,18)19)21-9-14(22)20-6-5-11-2-1-7-23-11/h1-4,7-8,21H,5-6,9H2,(H,20,22). The Bertz CT molecular complexity index is 659. The smallest absolute Gasteiger partial charge is 0.376 e. The van der Waals surface area contributed by atoms with E-state index in [1.165, 1.54) is 6.07 Å². The molecule has 0 saturated carbocycles. The highest BCUT2D eigenvalue weighted by atomic mass is 35.5. The first-order valence-electron chi connectivity index (χ1n) is 6.76. The van der Waals surface area contributed by atoms with E-state index in [0.717, 1.165) is 23.4 Å². The monoisotopic (exact) mass is 362 g/mol. The van der Waals surface area contributed by atoms with E-state index in [1.807, 2.05) is 17.5 Å². The van der Waals surface area contributed by atoms with E-state index in [1.54, 1.807) is 11.3 Å². The summed E-state index contributed by atoms with van der Waals surface area (Å²) in [5.74, 6) is -0.287. The molecule has 1 amide bonds. The van der Waals surface area contributed by atoms with Gasteiger partial charge < -0.3 is 10.6 Å². The average Bonchev–Trinajstić information content (AvgIpc) is 2.98. The van der Waals surface area contributed by atoms with Gasteiger partial charge in [-0.1, -0.05) is 17.7 Å². The maximum atomic E-state index is 12.7. The molecular weight excluding hydrogens is 349 g/mol. The first-order valence-corrected chi connectivity index (χ1v) is 8.02. The predicted octanol–water partition coefficient (Wildman–Crippen LogP) is 4.19. The van der Waals surface area contributed by atoms with Crippen molar-refractivity contribution in [2.24, 2.45) is 0 Å². The number of nitrogens with one attached hydrogen (secondary N) is 2. The van der Waals surface area contributed by atoms with E-state index in [-0.39, 0.29) is 23.2 Å². The van der Waals surface area contributed by atoms with Gasteiger partial charge in [-0.05, 0) is 36.1 Å². The minimum absolute atomic E-state index is 0.108. The molecule has 2 aromatic rings. The van der Waals surface area contributed by atoms with Crippen LogP contribution in [0.25, 0.3) is 0 Å². The van der Waals surface area contributed by atoms with Gasteiger partial charge in [-0.2, -0.15) is 13.2 Å². The molecule has 0 aliphatic carbocycles. The molecule has 2 rings (SSSR count). The Morgan fingerprint density at radius 3 is 2.70 bits per heavy atom. The Labute approximate surface area is 140 Å². The molecule has 124 valence electrons. The van der Waals surface area contributed by atoms with Crippen LogP contribution in [-0.4, -0.2) is 19.0 Å². The second-order valence-corrected chi connectivity index (χ2v) is 6.16. The van der Waals surface area contributed by atoms with Gasteiger partial charge in [0, 0.05) is 17.1 Å². The number of amides is 1. The molecule has 23 heavy (non-hydrogen) atoms. The van der Waals surface area contributed by atoms with Gasteiger partial charge in [0.05, 0.1) is 17.1 Å². The molecule has 2 N–H and O–H groups in total. The molecule has 1 aromatic heterocycles. The third-order valence-electron chi connectivity index (χ3n) is 3.00. The molecule has 0 spiro atoms. The molecule has 0 aliphatic heterocycles. The summed E-state index contributed by atoms with van der Waals surface area (Å²) in [6, 6.07) is 7.35. The average molecular weight is 363 g/mol. The minimum Gasteiger partial charge on any atom is -0.376 e. The maximum Gasteiger partial charge on any atom is 0.417 e. The van der Waals surface area contributed by atoms with Crippen LogP contribution in [0.2, 0.25) is 5.02 Å². The second-order valence-electron chi connectivity index (χ2n) is 4.73. The van der Waals surface area contributed by atoms with E-state index in [9.17, 15) is 18.0 Å². The molecule has 0 fully saturated rings. The summed E-state index contributed by atoms with van der Waals surface area (Å²) in [6.45, 7) is 0.374. The van der Waals surface area contributed by atoms with E-state index in [4.69, 9.17) is 11.6 Å². The summed E-state index contributed by atoms with van der Waals surface area (Å²) in [7, 11) is 0. The molecule has 0 aliphatic rings. The fraction of sp³-hybridized carbons (Fsp3) is 0.267. The van der Waals surface area contributed by atoms with Crippen LogP contribution in [0.3, 0.4) is 0 Å². The Kier molecular flexibility index (Phi) is 5.90. The van der Waals surface area contributed by atoms with Crippen molar-refractivity contribution >= 4 is 34.5 Å². The van der Waals surface area contributed by atoms with Gasteiger partial charge in [0.15, 0.2) is 0 Å².